The van der Waals surface area contributed by atoms with Crippen molar-refractivity contribution in [2.75, 3.05) is 26.2 Å². The summed E-state index contributed by atoms with van der Waals surface area (Å²) in [7, 11) is 0. The number of nitrogens with zero attached hydrogens (tertiary/aromatic N) is 3. The minimum absolute atomic E-state index is 0.0828. The molecule has 0 spiro atoms. The predicted molar refractivity (Wildman–Crippen MR) is 128 cm³/mol. The highest BCUT2D eigenvalue weighted by molar-refractivity contribution is 6.07. The summed E-state index contributed by atoms with van der Waals surface area (Å²) in [6.07, 6.45) is -0.0828. The number of hydrogen-bond donors (Lipinski definition) is 1. The Labute approximate surface area is 197 Å². The van der Waals surface area contributed by atoms with Gasteiger partial charge in [-0.25, -0.2) is 4.98 Å². The van der Waals surface area contributed by atoms with Crippen molar-refractivity contribution in [3.63, 3.8) is 0 Å². The Kier molecular flexibility index (Phi) is 6.17. The number of fused-ring (bicyclic) bond motifs is 1. The standard InChI is InChI=1S/C26H28N4O4/c1-16-11-21(18(3)33-16)23-12-22(24-17(2)29-34-26(24)28-23)25(31)27-13-20-15-30(9-10-32-20)14-19-7-5-4-6-8-19/h4-8,11-12,20H,9-10,13-15H2,1-3H3,(H,27,31). The van der Waals surface area contributed by atoms with Crippen molar-refractivity contribution in [1.82, 2.24) is 20.4 Å². The van der Waals surface area contributed by atoms with Crippen LogP contribution in [0.3, 0.4) is 0 Å². The largest absolute Gasteiger partial charge is 0.466 e. The van der Waals surface area contributed by atoms with Gasteiger partial charge in [-0.2, -0.15) is 0 Å². The van der Waals surface area contributed by atoms with E-state index in [-0.39, 0.29) is 12.0 Å². The number of morpholine rings is 1. The lowest BCUT2D eigenvalue weighted by atomic mass is 10.1. The number of nitrogens with one attached hydrogen (secondary N) is 1. The first-order chi connectivity index (χ1) is 16.5. The van der Waals surface area contributed by atoms with Gasteiger partial charge in [0.05, 0.1) is 35.0 Å². The molecule has 1 fully saturated rings. The third-order valence-corrected chi connectivity index (χ3v) is 6.14. The second kappa shape index (κ2) is 9.40. The van der Waals surface area contributed by atoms with E-state index in [1.807, 2.05) is 32.9 Å². The zero-order chi connectivity index (χ0) is 23.7. The lowest BCUT2D eigenvalue weighted by Crippen LogP contribution is -2.47. The Hall–Kier alpha value is -3.49. The molecule has 1 amide bonds. The maximum absolute atomic E-state index is 13.3. The number of carbonyl (C=O) groups excluding carboxylic acids is 1. The van der Waals surface area contributed by atoms with Crippen LogP contribution in [0.15, 0.2) is 51.4 Å². The van der Waals surface area contributed by atoms with E-state index in [1.54, 1.807) is 6.07 Å². The van der Waals surface area contributed by atoms with Crippen LogP contribution in [0.1, 0.15) is 33.1 Å². The molecule has 0 aliphatic carbocycles. The molecule has 0 radical (unpaired) electrons. The zero-order valence-electron chi connectivity index (χ0n) is 19.6. The quantitative estimate of drug-likeness (QED) is 0.464. The minimum Gasteiger partial charge on any atom is -0.466 e. The molecule has 1 saturated heterocycles. The Morgan fingerprint density at radius 3 is 2.76 bits per heavy atom. The van der Waals surface area contributed by atoms with Gasteiger partial charge in [0.15, 0.2) is 0 Å². The van der Waals surface area contributed by atoms with E-state index in [0.717, 1.165) is 36.7 Å². The molecule has 1 N–H and O–H groups in total. The number of benzene rings is 1. The second-order valence-electron chi connectivity index (χ2n) is 8.75. The van der Waals surface area contributed by atoms with Gasteiger partial charge >= 0.3 is 0 Å². The number of furan rings is 1. The molecule has 1 atom stereocenters. The highest BCUT2D eigenvalue weighted by atomic mass is 16.5. The van der Waals surface area contributed by atoms with Crippen LogP contribution in [-0.2, 0) is 11.3 Å². The van der Waals surface area contributed by atoms with E-state index in [9.17, 15) is 4.79 Å². The maximum atomic E-state index is 13.3. The molecular formula is C26H28N4O4. The fourth-order valence-electron chi connectivity index (χ4n) is 4.49. The van der Waals surface area contributed by atoms with Gasteiger partial charge in [0.25, 0.3) is 11.6 Å². The van der Waals surface area contributed by atoms with Gasteiger partial charge in [0.1, 0.15) is 11.5 Å². The number of rotatable bonds is 6. The SMILES string of the molecule is Cc1cc(-c2cc(C(=O)NCC3CN(Cc4ccccc4)CCO3)c3c(C)noc3n2)c(C)o1. The van der Waals surface area contributed by atoms with Crippen LogP contribution >= 0.6 is 0 Å². The summed E-state index contributed by atoms with van der Waals surface area (Å²) in [6.45, 7) is 9.12. The predicted octanol–water partition coefficient (Wildman–Crippen LogP) is 4.04. The van der Waals surface area contributed by atoms with E-state index in [2.05, 4.69) is 44.6 Å². The van der Waals surface area contributed by atoms with Gasteiger partial charge in [0, 0.05) is 31.7 Å². The van der Waals surface area contributed by atoms with Crippen molar-refractivity contribution >= 4 is 17.0 Å². The topological polar surface area (TPSA) is 93.6 Å². The third kappa shape index (κ3) is 4.60. The number of aryl methyl sites for hydroxylation is 3. The monoisotopic (exact) mass is 460 g/mol. The van der Waals surface area contributed by atoms with Gasteiger partial charge in [-0.05, 0) is 38.5 Å². The molecule has 176 valence electrons. The first kappa shape index (κ1) is 22.3. The molecule has 1 aromatic carbocycles. The van der Waals surface area contributed by atoms with Gasteiger partial charge in [-0.15, -0.1) is 0 Å². The molecule has 1 aliphatic heterocycles. The van der Waals surface area contributed by atoms with Crippen LogP contribution in [0.2, 0.25) is 0 Å². The molecule has 34 heavy (non-hydrogen) atoms. The summed E-state index contributed by atoms with van der Waals surface area (Å²) < 4.78 is 17.0. The summed E-state index contributed by atoms with van der Waals surface area (Å²) in [4.78, 5) is 20.2. The molecule has 8 heteroatoms. The highest BCUT2D eigenvalue weighted by Gasteiger charge is 2.24. The van der Waals surface area contributed by atoms with Gasteiger partial charge < -0.3 is 19.0 Å². The smallest absolute Gasteiger partial charge is 0.259 e. The lowest BCUT2D eigenvalue weighted by Gasteiger charge is -2.33. The molecule has 0 bridgehead atoms. The summed E-state index contributed by atoms with van der Waals surface area (Å²) in [6, 6.07) is 14.1. The third-order valence-electron chi connectivity index (χ3n) is 6.14. The van der Waals surface area contributed by atoms with Crippen molar-refractivity contribution in [2.24, 2.45) is 0 Å². The molecule has 4 heterocycles. The highest BCUT2D eigenvalue weighted by Crippen LogP contribution is 2.30. The molecule has 4 aromatic rings. The van der Waals surface area contributed by atoms with Crippen molar-refractivity contribution < 1.29 is 18.5 Å². The molecule has 1 aliphatic rings. The molecule has 8 nitrogen and oxygen atoms in total. The summed E-state index contributed by atoms with van der Waals surface area (Å²) in [5, 5.41) is 7.70. The van der Waals surface area contributed by atoms with Crippen LogP contribution in [0.4, 0.5) is 0 Å². The van der Waals surface area contributed by atoms with Crippen molar-refractivity contribution in [1.29, 1.82) is 0 Å². The average molecular weight is 461 g/mol. The van der Waals surface area contributed by atoms with Crippen LogP contribution in [-0.4, -0.2) is 53.3 Å². The molecule has 0 saturated carbocycles. The summed E-state index contributed by atoms with van der Waals surface area (Å²) in [5.74, 6) is 1.31. The van der Waals surface area contributed by atoms with Crippen molar-refractivity contribution in [3.05, 3.63) is 70.8 Å². The Morgan fingerprint density at radius 2 is 2.00 bits per heavy atom. The van der Waals surface area contributed by atoms with Crippen LogP contribution in [0.5, 0.6) is 0 Å². The fourth-order valence-corrected chi connectivity index (χ4v) is 4.49. The lowest BCUT2D eigenvalue weighted by molar-refractivity contribution is -0.0292. The van der Waals surface area contributed by atoms with Crippen molar-refractivity contribution in [3.8, 4) is 11.3 Å². The maximum Gasteiger partial charge on any atom is 0.259 e. The fraction of sp³-hybridized carbons (Fsp3) is 0.346. The zero-order valence-corrected chi connectivity index (χ0v) is 19.6. The number of hydrogen-bond acceptors (Lipinski definition) is 7. The number of carbonyl (C=O) groups is 1. The number of amides is 1. The second-order valence-corrected chi connectivity index (χ2v) is 8.75. The van der Waals surface area contributed by atoms with E-state index < -0.39 is 0 Å². The normalized spacial score (nSPS) is 16.7. The van der Waals surface area contributed by atoms with E-state index in [1.165, 1.54) is 5.56 Å². The molecular weight excluding hydrogens is 432 g/mol. The van der Waals surface area contributed by atoms with Crippen LogP contribution in [0, 0.1) is 20.8 Å². The van der Waals surface area contributed by atoms with E-state index >= 15 is 0 Å². The van der Waals surface area contributed by atoms with Crippen molar-refractivity contribution in [2.45, 2.75) is 33.4 Å². The van der Waals surface area contributed by atoms with Crippen LogP contribution < -0.4 is 5.32 Å². The van der Waals surface area contributed by atoms with Gasteiger partial charge in [-0.3, -0.25) is 9.69 Å². The molecule has 5 rings (SSSR count). The van der Waals surface area contributed by atoms with Crippen LogP contribution in [0.25, 0.3) is 22.4 Å². The Morgan fingerprint density at radius 1 is 1.18 bits per heavy atom. The Bertz CT molecular complexity index is 1310. The van der Waals surface area contributed by atoms with E-state index in [0.29, 0.717) is 41.2 Å². The number of ether oxygens (including phenoxy) is 1. The number of pyridine rings is 1. The summed E-state index contributed by atoms with van der Waals surface area (Å²) in [5.41, 5.74) is 4.16. The number of aromatic nitrogens is 2. The average Bonchev–Trinajstić information content (AvgIpc) is 3.38. The first-order valence-electron chi connectivity index (χ1n) is 11.5. The molecule has 1 unspecified atom stereocenters. The molecule has 3 aromatic heterocycles. The van der Waals surface area contributed by atoms with Gasteiger partial charge in [-0.1, -0.05) is 35.5 Å². The van der Waals surface area contributed by atoms with Gasteiger partial charge in [0.2, 0.25) is 0 Å². The summed E-state index contributed by atoms with van der Waals surface area (Å²) >= 11 is 0. The Balaban J connectivity index is 1.32. The first-order valence-corrected chi connectivity index (χ1v) is 11.5. The van der Waals surface area contributed by atoms with E-state index in [4.69, 9.17) is 13.7 Å². The minimum atomic E-state index is -0.207.